The molecule has 0 amide bonds. The van der Waals surface area contributed by atoms with Crippen LogP contribution in [0.4, 0.5) is 13.2 Å². The fraction of sp³-hybridized carbons (Fsp3) is 0.722. The Kier molecular flexibility index (Phi) is 8.69. The van der Waals surface area contributed by atoms with Gasteiger partial charge in [0.25, 0.3) is 0 Å². The van der Waals surface area contributed by atoms with Crippen molar-refractivity contribution >= 4 is 27.3 Å². The molecule has 0 aliphatic carbocycles. The van der Waals surface area contributed by atoms with Gasteiger partial charge < -0.3 is 9.84 Å². The monoisotopic (exact) mass is 472 g/mol. The lowest BCUT2D eigenvalue weighted by molar-refractivity contribution is -0.192. The fourth-order valence-electron chi connectivity index (χ4n) is 3.82. The molecule has 0 aromatic carbocycles. The minimum absolute atomic E-state index is 0.103. The number of hydrogen-bond acceptors (Lipinski definition) is 6. The van der Waals surface area contributed by atoms with Crippen molar-refractivity contribution in [3.63, 3.8) is 0 Å². The van der Waals surface area contributed by atoms with Crippen molar-refractivity contribution < 1.29 is 36.2 Å². The molecule has 30 heavy (non-hydrogen) atoms. The Morgan fingerprint density at radius 3 is 2.73 bits per heavy atom. The van der Waals surface area contributed by atoms with E-state index in [1.54, 1.807) is 18.3 Å². The predicted molar refractivity (Wildman–Crippen MR) is 107 cm³/mol. The number of rotatable bonds is 7. The summed E-state index contributed by atoms with van der Waals surface area (Å²) in [6.07, 6.45) is -1.86. The molecule has 7 nitrogen and oxygen atoms in total. The largest absolute Gasteiger partial charge is 0.490 e. The van der Waals surface area contributed by atoms with E-state index < -0.39 is 22.2 Å². The molecule has 2 aliphatic rings. The molecule has 2 aliphatic heterocycles. The van der Waals surface area contributed by atoms with Crippen LogP contribution >= 0.6 is 11.3 Å². The molecule has 1 aromatic rings. The minimum atomic E-state index is -5.08. The molecule has 2 atom stereocenters. The first-order valence-electron chi connectivity index (χ1n) is 9.61. The zero-order valence-electron chi connectivity index (χ0n) is 16.7. The van der Waals surface area contributed by atoms with Crippen LogP contribution in [-0.2, 0) is 26.1 Å². The van der Waals surface area contributed by atoms with E-state index in [0.717, 1.165) is 45.5 Å². The van der Waals surface area contributed by atoms with Gasteiger partial charge in [0.05, 0.1) is 11.9 Å². The molecular formula is C18H27F3N2O5S2. The summed E-state index contributed by atoms with van der Waals surface area (Å²) >= 11 is 1.80. The number of hydrogen-bond donors (Lipinski definition) is 2. The fourth-order valence-corrected chi connectivity index (χ4v) is 5.18. The normalized spacial score (nSPS) is 24.7. The average molecular weight is 473 g/mol. The van der Waals surface area contributed by atoms with Gasteiger partial charge in [0.1, 0.15) is 0 Å². The van der Waals surface area contributed by atoms with Crippen LogP contribution in [0.1, 0.15) is 31.1 Å². The van der Waals surface area contributed by atoms with Crippen molar-refractivity contribution in [3.05, 3.63) is 22.4 Å². The summed E-state index contributed by atoms with van der Waals surface area (Å²) in [6, 6.07) is 4.28. The lowest BCUT2D eigenvalue weighted by atomic mass is 9.74. The Hall–Kier alpha value is -1.21. The zero-order chi connectivity index (χ0) is 22.4. The standard InChI is InChI=1S/C16H26N2O3S2.C2HF3O2/c1-2-23(19,20)17-8-6-16-7-10-21-15(16)5-9-18(13-16)12-14-4-3-11-22-14;3-2(4,5)1(6)7/h3-4,11,15,17H,2,5-10,12-13H2,1H3;(H,6,7)/t15-,16+;/m1./s1. The van der Waals surface area contributed by atoms with Crippen molar-refractivity contribution in [1.82, 2.24) is 9.62 Å². The lowest BCUT2D eigenvalue weighted by Crippen LogP contribution is -2.50. The summed E-state index contributed by atoms with van der Waals surface area (Å²) in [6.45, 7) is 6.05. The van der Waals surface area contributed by atoms with Crippen LogP contribution in [0.2, 0.25) is 0 Å². The highest BCUT2D eigenvalue weighted by atomic mass is 32.2. The first-order chi connectivity index (χ1) is 14.0. The number of nitrogens with one attached hydrogen (secondary N) is 1. The van der Waals surface area contributed by atoms with E-state index in [1.165, 1.54) is 4.88 Å². The van der Waals surface area contributed by atoms with Crippen molar-refractivity contribution in [3.8, 4) is 0 Å². The van der Waals surface area contributed by atoms with E-state index in [1.807, 2.05) is 0 Å². The van der Waals surface area contributed by atoms with Gasteiger partial charge in [-0.15, -0.1) is 11.3 Å². The van der Waals surface area contributed by atoms with E-state index in [0.29, 0.717) is 6.54 Å². The number of piperidine rings is 1. The molecule has 2 fully saturated rings. The number of fused-ring (bicyclic) bond motifs is 1. The maximum Gasteiger partial charge on any atom is 0.490 e. The van der Waals surface area contributed by atoms with E-state index >= 15 is 0 Å². The van der Waals surface area contributed by atoms with Crippen LogP contribution in [0.3, 0.4) is 0 Å². The Morgan fingerprint density at radius 1 is 1.47 bits per heavy atom. The number of nitrogens with zero attached hydrogens (tertiary/aromatic N) is 1. The minimum Gasteiger partial charge on any atom is -0.475 e. The molecule has 3 heterocycles. The third-order valence-electron chi connectivity index (χ3n) is 5.37. The van der Waals surface area contributed by atoms with Gasteiger partial charge in [-0.3, -0.25) is 4.90 Å². The maximum atomic E-state index is 11.7. The predicted octanol–water partition coefficient (Wildman–Crippen LogP) is 2.69. The molecule has 3 rings (SSSR count). The molecule has 2 N–H and O–H groups in total. The Morgan fingerprint density at radius 2 is 2.17 bits per heavy atom. The summed E-state index contributed by atoms with van der Waals surface area (Å²) in [5.74, 6) is -2.61. The SMILES string of the molecule is CCS(=O)(=O)NCC[C@@]12CCO[C@@H]1CCN(Cc1cccs1)C2.O=C(O)C(F)(F)F. The Balaban J connectivity index is 0.000000396. The molecule has 0 bridgehead atoms. The molecule has 0 saturated carbocycles. The zero-order valence-corrected chi connectivity index (χ0v) is 18.3. The van der Waals surface area contributed by atoms with Crippen molar-refractivity contribution in [1.29, 1.82) is 0 Å². The summed E-state index contributed by atoms with van der Waals surface area (Å²) in [5.41, 5.74) is 0.103. The van der Waals surface area contributed by atoms with Gasteiger partial charge in [-0.25, -0.2) is 17.9 Å². The molecule has 172 valence electrons. The molecule has 0 unspecified atom stereocenters. The quantitative estimate of drug-likeness (QED) is 0.634. The van der Waals surface area contributed by atoms with Crippen molar-refractivity contribution in [2.45, 2.75) is 45.0 Å². The van der Waals surface area contributed by atoms with Crippen molar-refractivity contribution in [2.75, 3.05) is 32.0 Å². The summed E-state index contributed by atoms with van der Waals surface area (Å²) in [7, 11) is -3.11. The van der Waals surface area contributed by atoms with E-state index in [4.69, 9.17) is 14.6 Å². The third kappa shape index (κ3) is 7.19. The smallest absolute Gasteiger partial charge is 0.475 e. The number of carboxylic acid groups (broad SMARTS) is 1. The summed E-state index contributed by atoms with van der Waals surface area (Å²) in [5, 5.41) is 9.25. The number of alkyl halides is 3. The molecule has 12 heteroatoms. The van der Waals surface area contributed by atoms with Gasteiger partial charge in [-0.05, 0) is 37.6 Å². The number of ether oxygens (including phenoxy) is 1. The third-order valence-corrected chi connectivity index (χ3v) is 7.64. The van der Waals surface area contributed by atoms with Gasteiger partial charge in [0.2, 0.25) is 10.0 Å². The van der Waals surface area contributed by atoms with Gasteiger partial charge >= 0.3 is 12.1 Å². The van der Waals surface area contributed by atoms with E-state index in [9.17, 15) is 21.6 Å². The van der Waals surface area contributed by atoms with Crippen LogP contribution in [0, 0.1) is 5.41 Å². The number of sulfonamides is 1. The highest BCUT2D eigenvalue weighted by Gasteiger charge is 2.47. The van der Waals surface area contributed by atoms with Gasteiger partial charge in [0, 0.05) is 43.1 Å². The second-order valence-corrected chi connectivity index (χ2v) is 10.5. The van der Waals surface area contributed by atoms with Crippen LogP contribution in [0.25, 0.3) is 0 Å². The lowest BCUT2D eigenvalue weighted by Gasteiger charge is -2.43. The van der Waals surface area contributed by atoms with E-state index in [-0.39, 0.29) is 17.3 Å². The van der Waals surface area contributed by atoms with E-state index in [2.05, 4.69) is 27.1 Å². The Labute approximate surface area is 178 Å². The van der Waals surface area contributed by atoms with Gasteiger partial charge in [-0.1, -0.05) is 6.07 Å². The summed E-state index contributed by atoms with van der Waals surface area (Å²) < 4.78 is 63.7. The van der Waals surface area contributed by atoms with Crippen LogP contribution < -0.4 is 4.72 Å². The molecular weight excluding hydrogens is 445 g/mol. The van der Waals surface area contributed by atoms with Gasteiger partial charge in [0.15, 0.2) is 0 Å². The molecule has 0 spiro atoms. The molecule has 1 aromatic heterocycles. The second-order valence-electron chi connectivity index (χ2n) is 7.40. The number of carbonyl (C=O) groups is 1. The first kappa shape index (κ1) is 25.1. The molecule has 2 saturated heterocycles. The highest BCUT2D eigenvalue weighted by Crippen LogP contribution is 2.43. The Bertz CT molecular complexity index is 786. The number of thiophene rings is 1. The van der Waals surface area contributed by atoms with Gasteiger partial charge in [-0.2, -0.15) is 13.2 Å². The number of likely N-dealkylation sites (tertiary alicyclic amines) is 1. The molecule has 0 radical (unpaired) electrons. The summed E-state index contributed by atoms with van der Waals surface area (Å²) in [4.78, 5) is 12.8. The van der Waals surface area contributed by atoms with Crippen LogP contribution in [-0.4, -0.2) is 68.7 Å². The highest BCUT2D eigenvalue weighted by molar-refractivity contribution is 7.89. The number of aliphatic carboxylic acids is 1. The topological polar surface area (TPSA) is 95.9 Å². The average Bonchev–Trinajstić information content (AvgIpc) is 3.30. The number of carboxylic acids is 1. The van der Waals surface area contributed by atoms with Crippen LogP contribution in [0.15, 0.2) is 17.5 Å². The van der Waals surface area contributed by atoms with Crippen molar-refractivity contribution in [2.24, 2.45) is 5.41 Å². The second kappa shape index (κ2) is 10.4. The van der Waals surface area contributed by atoms with Crippen LogP contribution in [0.5, 0.6) is 0 Å². The first-order valence-corrected chi connectivity index (χ1v) is 12.1. The maximum absolute atomic E-state index is 11.7. The number of halogens is 3.